The van der Waals surface area contributed by atoms with Crippen LogP contribution in [0.1, 0.15) is 13.3 Å². The zero-order valence-electron chi connectivity index (χ0n) is 10.4. The second kappa shape index (κ2) is 5.27. The Balaban J connectivity index is 2.01. The maximum absolute atomic E-state index is 10.8. The summed E-state index contributed by atoms with van der Waals surface area (Å²) >= 11 is 0. The van der Waals surface area contributed by atoms with E-state index < -0.39 is 5.97 Å². The maximum Gasteiger partial charge on any atom is 0.305 e. The molecule has 1 fully saturated rings. The SMILES string of the molecule is CCOc1ccc(NC2(CC(=O)O)CNC2)cc1. The summed E-state index contributed by atoms with van der Waals surface area (Å²) in [6.45, 7) is 3.92. The topological polar surface area (TPSA) is 70.6 Å². The smallest absolute Gasteiger partial charge is 0.305 e. The van der Waals surface area contributed by atoms with E-state index in [-0.39, 0.29) is 12.0 Å². The predicted molar refractivity (Wildman–Crippen MR) is 69.1 cm³/mol. The summed E-state index contributed by atoms with van der Waals surface area (Å²) in [5.74, 6) is 0.0389. The zero-order chi connectivity index (χ0) is 13.0. The molecule has 0 saturated carbocycles. The number of carboxylic acid groups (broad SMARTS) is 1. The Labute approximate surface area is 106 Å². The molecule has 1 heterocycles. The first-order valence-corrected chi connectivity index (χ1v) is 6.07. The molecule has 1 aromatic rings. The Bertz CT molecular complexity index is 413. The normalized spacial score (nSPS) is 16.7. The first-order valence-electron chi connectivity index (χ1n) is 6.07. The molecule has 0 aliphatic carbocycles. The maximum atomic E-state index is 10.8. The summed E-state index contributed by atoms with van der Waals surface area (Å²) < 4.78 is 5.36. The van der Waals surface area contributed by atoms with Crippen molar-refractivity contribution < 1.29 is 14.6 Å². The average Bonchev–Trinajstić information content (AvgIpc) is 2.28. The molecule has 1 aromatic carbocycles. The highest BCUT2D eigenvalue weighted by Gasteiger charge is 2.38. The van der Waals surface area contributed by atoms with E-state index in [9.17, 15) is 4.79 Å². The molecule has 0 atom stereocenters. The number of nitrogens with one attached hydrogen (secondary N) is 2. The molecular weight excluding hydrogens is 232 g/mol. The molecule has 18 heavy (non-hydrogen) atoms. The van der Waals surface area contributed by atoms with Crippen LogP contribution in [0.3, 0.4) is 0 Å². The monoisotopic (exact) mass is 250 g/mol. The van der Waals surface area contributed by atoms with Crippen molar-refractivity contribution >= 4 is 11.7 Å². The van der Waals surface area contributed by atoms with E-state index in [1.54, 1.807) is 0 Å². The highest BCUT2D eigenvalue weighted by Crippen LogP contribution is 2.24. The third-order valence-electron chi connectivity index (χ3n) is 2.99. The van der Waals surface area contributed by atoms with Crippen molar-refractivity contribution in [1.29, 1.82) is 0 Å². The lowest BCUT2D eigenvalue weighted by Crippen LogP contribution is -2.65. The number of hydrogen-bond acceptors (Lipinski definition) is 4. The molecular formula is C13H18N2O3. The van der Waals surface area contributed by atoms with Gasteiger partial charge in [-0.1, -0.05) is 0 Å². The largest absolute Gasteiger partial charge is 0.494 e. The standard InChI is InChI=1S/C13H18N2O3/c1-2-18-11-5-3-10(4-6-11)15-13(7-12(16)17)8-14-9-13/h3-6,14-15H,2,7-9H2,1H3,(H,16,17). The van der Waals surface area contributed by atoms with Crippen LogP contribution in [0.5, 0.6) is 5.75 Å². The van der Waals surface area contributed by atoms with Gasteiger partial charge in [-0.3, -0.25) is 4.79 Å². The van der Waals surface area contributed by atoms with Gasteiger partial charge in [0.05, 0.1) is 18.6 Å². The lowest BCUT2D eigenvalue weighted by atomic mass is 9.88. The summed E-state index contributed by atoms with van der Waals surface area (Å²) in [5.41, 5.74) is 0.556. The first kappa shape index (κ1) is 12.7. The van der Waals surface area contributed by atoms with Gasteiger partial charge in [-0.25, -0.2) is 0 Å². The Morgan fingerprint density at radius 3 is 2.56 bits per heavy atom. The van der Waals surface area contributed by atoms with Crippen LogP contribution in [0.15, 0.2) is 24.3 Å². The molecule has 0 spiro atoms. The zero-order valence-corrected chi connectivity index (χ0v) is 10.4. The number of aliphatic carboxylic acids is 1. The summed E-state index contributed by atoms with van der Waals surface area (Å²) in [4.78, 5) is 10.8. The number of carbonyl (C=O) groups is 1. The third kappa shape index (κ3) is 2.92. The molecule has 1 aliphatic heterocycles. The van der Waals surface area contributed by atoms with Gasteiger partial charge in [0.1, 0.15) is 5.75 Å². The van der Waals surface area contributed by atoms with Gasteiger partial charge in [-0.15, -0.1) is 0 Å². The molecule has 0 radical (unpaired) electrons. The first-order chi connectivity index (χ1) is 8.63. The second-order valence-corrected chi connectivity index (χ2v) is 4.54. The van der Waals surface area contributed by atoms with E-state index in [1.807, 2.05) is 31.2 Å². The van der Waals surface area contributed by atoms with Crippen LogP contribution in [-0.4, -0.2) is 36.3 Å². The summed E-state index contributed by atoms with van der Waals surface area (Å²) in [6, 6.07) is 7.58. The average molecular weight is 250 g/mol. The van der Waals surface area contributed by atoms with Gasteiger partial charge < -0.3 is 20.5 Å². The summed E-state index contributed by atoms with van der Waals surface area (Å²) in [7, 11) is 0. The van der Waals surface area contributed by atoms with Crippen LogP contribution in [0, 0.1) is 0 Å². The number of carboxylic acids is 1. The molecule has 0 unspecified atom stereocenters. The Kier molecular flexibility index (Phi) is 3.72. The molecule has 5 nitrogen and oxygen atoms in total. The fourth-order valence-electron chi connectivity index (χ4n) is 2.08. The second-order valence-electron chi connectivity index (χ2n) is 4.54. The minimum absolute atomic E-state index is 0.118. The van der Waals surface area contributed by atoms with Crippen LogP contribution in [0.2, 0.25) is 0 Å². The molecule has 1 aliphatic rings. The van der Waals surface area contributed by atoms with Gasteiger partial charge in [0.2, 0.25) is 0 Å². The van der Waals surface area contributed by atoms with E-state index >= 15 is 0 Å². The number of anilines is 1. The van der Waals surface area contributed by atoms with Crippen LogP contribution in [0.25, 0.3) is 0 Å². The molecule has 2 rings (SSSR count). The van der Waals surface area contributed by atoms with Gasteiger partial charge in [-0.2, -0.15) is 0 Å². The van der Waals surface area contributed by atoms with Gasteiger partial charge >= 0.3 is 5.97 Å². The van der Waals surface area contributed by atoms with Crippen LogP contribution in [-0.2, 0) is 4.79 Å². The van der Waals surface area contributed by atoms with Gasteiger partial charge in [0, 0.05) is 18.8 Å². The van der Waals surface area contributed by atoms with E-state index in [4.69, 9.17) is 9.84 Å². The van der Waals surface area contributed by atoms with Gasteiger partial charge in [0.25, 0.3) is 0 Å². The molecule has 0 aromatic heterocycles. The number of ether oxygens (including phenoxy) is 1. The molecule has 98 valence electrons. The van der Waals surface area contributed by atoms with Crippen LogP contribution < -0.4 is 15.4 Å². The molecule has 3 N–H and O–H groups in total. The van der Waals surface area contributed by atoms with Gasteiger partial charge in [-0.05, 0) is 31.2 Å². The van der Waals surface area contributed by atoms with Crippen molar-refractivity contribution in [2.45, 2.75) is 18.9 Å². The van der Waals surface area contributed by atoms with Crippen molar-refractivity contribution in [2.75, 3.05) is 25.0 Å². The summed E-state index contributed by atoms with van der Waals surface area (Å²) in [5, 5.41) is 15.3. The predicted octanol–water partition coefficient (Wildman–Crippen LogP) is 1.31. The number of rotatable bonds is 6. The van der Waals surface area contributed by atoms with Gasteiger partial charge in [0.15, 0.2) is 0 Å². The van der Waals surface area contributed by atoms with Crippen molar-refractivity contribution in [3.05, 3.63) is 24.3 Å². The fraction of sp³-hybridized carbons (Fsp3) is 0.462. The van der Waals surface area contributed by atoms with Crippen molar-refractivity contribution in [3.8, 4) is 5.75 Å². The third-order valence-corrected chi connectivity index (χ3v) is 2.99. The Morgan fingerprint density at radius 1 is 1.44 bits per heavy atom. The van der Waals surface area contributed by atoms with E-state index in [1.165, 1.54) is 0 Å². The summed E-state index contributed by atoms with van der Waals surface area (Å²) in [6.07, 6.45) is 0.118. The minimum Gasteiger partial charge on any atom is -0.494 e. The molecule has 0 amide bonds. The lowest BCUT2D eigenvalue weighted by molar-refractivity contribution is -0.138. The van der Waals surface area contributed by atoms with Crippen molar-refractivity contribution in [3.63, 3.8) is 0 Å². The molecule has 1 saturated heterocycles. The van der Waals surface area contributed by atoms with Crippen molar-refractivity contribution in [2.24, 2.45) is 0 Å². The Hall–Kier alpha value is -1.75. The fourth-order valence-corrected chi connectivity index (χ4v) is 2.08. The quantitative estimate of drug-likeness (QED) is 0.710. The Morgan fingerprint density at radius 2 is 2.11 bits per heavy atom. The van der Waals surface area contributed by atoms with Crippen LogP contribution in [0.4, 0.5) is 5.69 Å². The highest BCUT2D eigenvalue weighted by molar-refractivity contribution is 5.70. The molecule has 0 bridgehead atoms. The lowest BCUT2D eigenvalue weighted by Gasteiger charge is -2.43. The molecule has 5 heteroatoms. The van der Waals surface area contributed by atoms with E-state index in [0.29, 0.717) is 19.7 Å². The number of benzene rings is 1. The number of hydrogen-bond donors (Lipinski definition) is 3. The van der Waals surface area contributed by atoms with E-state index in [0.717, 1.165) is 11.4 Å². The van der Waals surface area contributed by atoms with Crippen LogP contribution >= 0.6 is 0 Å². The van der Waals surface area contributed by atoms with Crippen molar-refractivity contribution in [1.82, 2.24) is 5.32 Å². The minimum atomic E-state index is -0.782. The van der Waals surface area contributed by atoms with E-state index in [2.05, 4.69) is 10.6 Å². The highest BCUT2D eigenvalue weighted by atomic mass is 16.5.